The van der Waals surface area contributed by atoms with Crippen molar-refractivity contribution >= 4 is 11.6 Å². The molecule has 1 rings (SSSR count). The first-order chi connectivity index (χ1) is 5.34. The van der Waals surface area contributed by atoms with Crippen LogP contribution in [0, 0.1) is 6.92 Å². The first-order valence-electron chi connectivity index (χ1n) is 3.73. The van der Waals surface area contributed by atoms with Gasteiger partial charge in [0.05, 0.1) is 0 Å². The van der Waals surface area contributed by atoms with Crippen molar-refractivity contribution in [3.05, 3.63) is 36.0 Å². The van der Waals surface area contributed by atoms with Crippen LogP contribution in [0.15, 0.2) is 18.3 Å². The van der Waals surface area contributed by atoms with Gasteiger partial charge in [0.25, 0.3) is 0 Å². The van der Waals surface area contributed by atoms with Crippen LogP contribution < -0.4 is 0 Å². The van der Waals surface area contributed by atoms with E-state index in [-0.39, 0.29) is 0 Å². The van der Waals surface area contributed by atoms with Crippen LogP contribution in [0.5, 0.6) is 0 Å². The van der Waals surface area contributed by atoms with Crippen molar-refractivity contribution in [2.45, 2.75) is 19.3 Å². The minimum absolute atomic E-state index is 0.626. The Bertz CT molecular complexity index is 223. The van der Waals surface area contributed by atoms with E-state index in [0.29, 0.717) is 5.15 Å². The first-order valence-corrected chi connectivity index (χ1v) is 4.11. The fourth-order valence-corrected chi connectivity index (χ4v) is 1.14. The summed E-state index contributed by atoms with van der Waals surface area (Å²) in [6.07, 6.45) is 4.71. The highest BCUT2D eigenvalue weighted by molar-refractivity contribution is 6.30. The predicted molar refractivity (Wildman–Crippen MR) is 47.5 cm³/mol. The molecule has 0 atom stereocenters. The molecule has 1 nitrogen and oxygen atoms in total. The van der Waals surface area contributed by atoms with Gasteiger partial charge in [-0.05, 0) is 24.5 Å². The molecule has 0 aromatic carbocycles. The van der Waals surface area contributed by atoms with Gasteiger partial charge in [0.15, 0.2) is 0 Å². The molecular formula is C9H11ClN. The van der Waals surface area contributed by atoms with Crippen LogP contribution >= 0.6 is 11.6 Å². The molecule has 1 radical (unpaired) electrons. The first kappa shape index (κ1) is 8.54. The second-order valence-electron chi connectivity index (χ2n) is 2.41. The minimum Gasteiger partial charge on any atom is -0.244 e. The van der Waals surface area contributed by atoms with E-state index >= 15 is 0 Å². The number of hydrogen-bond donors (Lipinski definition) is 0. The van der Waals surface area contributed by atoms with Crippen molar-refractivity contribution in [3.63, 3.8) is 0 Å². The molecule has 0 amide bonds. The van der Waals surface area contributed by atoms with Gasteiger partial charge in [-0.25, -0.2) is 4.98 Å². The van der Waals surface area contributed by atoms with Crippen LogP contribution in [0.4, 0.5) is 0 Å². The number of unbranched alkanes of at least 4 members (excludes halogenated alkanes) is 1. The number of pyridine rings is 1. The van der Waals surface area contributed by atoms with Gasteiger partial charge >= 0.3 is 0 Å². The summed E-state index contributed by atoms with van der Waals surface area (Å²) in [6.45, 7) is 3.77. The Morgan fingerprint density at radius 2 is 2.36 bits per heavy atom. The van der Waals surface area contributed by atoms with Gasteiger partial charge in [0.2, 0.25) is 0 Å². The van der Waals surface area contributed by atoms with E-state index in [2.05, 4.69) is 11.9 Å². The molecule has 11 heavy (non-hydrogen) atoms. The van der Waals surface area contributed by atoms with Gasteiger partial charge in [0.1, 0.15) is 5.15 Å². The van der Waals surface area contributed by atoms with Crippen molar-refractivity contribution in [1.29, 1.82) is 0 Å². The van der Waals surface area contributed by atoms with E-state index in [9.17, 15) is 0 Å². The van der Waals surface area contributed by atoms with Crippen LogP contribution in [-0.2, 0) is 6.42 Å². The second kappa shape index (κ2) is 4.35. The number of aryl methyl sites for hydroxylation is 1. The number of aromatic nitrogens is 1. The lowest BCUT2D eigenvalue weighted by molar-refractivity contribution is 0.837. The Morgan fingerprint density at radius 3 is 3.00 bits per heavy atom. The second-order valence-corrected chi connectivity index (χ2v) is 2.77. The van der Waals surface area contributed by atoms with E-state index in [1.54, 1.807) is 6.20 Å². The predicted octanol–water partition coefficient (Wildman–Crippen LogP) is 2.89. The van der Waals surface area contributed by atoms with Gasteiger partial charge in [-0.3, -0.25) is 0 Å². The maximum absolute atomic E-state index is 5.83. The molecule has 0 aliphatic rings. The fourth-order valence-electron chi connectivity index (χ4n) is 0.921. The van der Waals surface area contributed by atoms with Crippen LogP contribution in [-0.4, -0.2) is 4.98 Å². The lowest BCUT2D eigenvalue weighted by Crippen LogP contribution is -1.87. The molecule has 59 valence electrons. The summed E-state index contributed by atoms with van der Waals surface area (Å²) < 4.78 is 0. The average molecular weight is 169 g/mol. The standard InChI is InChI=1S/C9H11ClN/c1-2-3-5-8-6-4-7-11-9(8)10/h4,6-7H,1-3,5H2. The molecular weight excluding hydrogens is 158 g/mol. The Hall–Kier alpha value is -0.560. The topological polar surface area (TPSA) is 12.9 Å². The smallest absolute Gasteiger partial charge is 0.132 e. The largest absolute Gasteiger partial charge is 0.244 e. The molecule has 0 aliphatic heterocycles. The Morgan fingerprint density at radius 1 is 1.55 bits per heavy atom. The molecule has 1 aromatic rings. The van der Waals surface area contributed by atoms with Crippen LogP contribution in [0.3, 0.4) is 0 Å². The summed E-state index contributed by atoms with van der Waals surface area (Å²) in [5, 5.41) is 0.626. The summed E-state index contributed by atoms with van der Waals surface area (Å²) in [5.41, 5.74) is 1.12. The molecule has 0 aliphatic carbocycles. The molecule has 0 N–H and O–H groups in total. The van der Waals surface area contributed by atoms with E-state index < -0.39 is 0 Å². The van der Waals surface area contributed by atoms with Gasteiger partial charge in [-0.1, -0.05) is 31.0 Å². The molecule has 0 fully saturated rings. The number of halogens is 1. The number of nitrogens with zero attached hydrogens (tertiary/aromatic N) is 1. The molecule has 0 spiro atoms. The quantitative estimate of drug-likeness (QED) is 0.633. The zero-order valence-corrected chi connectivity index (χ0v) is 7.14. The summed E-state index contributed by atoms with van der Waals surface area (Å²) in [5.74, 6) is 0. The van der Waals surface area contributed by atoms with Gasteiger partial charge in [0, 0.05) is 6.20 Å². The zero-order valence-electron chi connectivity index (χ0n) is 6.39. The summed E-state index contributed by atoms with van der Waals surface area (Å²) in [7, 11) is 0. The summed E-state index contributed by atoms with van der Waals surface area (Å²) >= 11 is 5.83. The third kappa shape index (κ3) is 2.51. The highest BCUT2D eigenvalue weighted by Crippen LogP contribution is 2.13. The van der Waals surface area contributed by atoms with Crippen molar-refractivity contribution in [1.82, 2.24) is 4.98 Å². The minimum atomic E-state index is 0.626. The lowest BCUT2D eigenvalue weighted by atomic mass is 10.1. The molecule has 2 heteroatoms. The van der Waals surface area contributed by atoms with E-state index in [4.69, 9.17) is 11.6 Å². The monoisotopic (exact) mass is 168 g/mol. The van der Waals surface area contributed by atoms with Gasteiger partial charge in [-0.2, -0.15) is 0 Å². The molecule has 0 bridgehead atoms. The number of rotatable bonds is 3. The summed E-state index contributed by atoms with van der Waals surface area (Å²) in [4.78, 5) is 3.98. The lowest BCUT2D eigenvalue weighted by Gasteiger charge is -1.99. The van der Waals surface area contributed by atoms with Crippen LogP contribution in [0.1, 0.15) is 18.4 Å². The fraction of sp³-hybridized carbons (Fsp3) is 0.333. The number of hydrogen-bond acceptors (Lipinski definition) is 1. The summed E-state index contributed by atoms with van der Waals surface area (Å²) in [6, 6.07) is 3.91. The maximum Gasteiger partial charge on any atom is 0.132 e. The third-order valence-electron chi connectivity index (χ3n) is 1.53. The highest BCUT2D eigenvalue weighted by atomic mass is 35.5. The Kier molecular flexibility index (Phi) is 3.37. The zero-order chi connectivity index (χ0) is 8.10. The Labute approximate surface area is 72.4 Å². The maximum atomic E-state index is 5.83. The average Bonchev–Trinajstić information content (AvgIpc) is 2.03. The van der Waals surface area contributed by atoms with E-state index in [1.165, 1.54) is 0 Å². The van der Waals surface area contributed by atoms with Crippen molar-refractivity contribution in [2.75, 3.05) is 0 Å². The Balaban J connectivity index is 2.62. The molecule has 1 aromatic heterocycles. The molecule has 0 saturated heterocycles. The van der Waals surface area contributed by atoms with Crippen LogP contribution in [0.2, 0.25) is 5.15 Å². The highest BCUT2D eigenvalue weighted by Gasteiger charge is 1.97. The van der Waals surface area contributed by atoms with Crippen molar-refractivity contribution in [2.24, 2.45) is 0 Å². The molecule has 0 saturated carbocycles. The van der Waals surface area contributed by atoms with Gasteiger partial charge in [-0.15, -0.1) is 0 Å². The normalized spacial score (nSPS) is 10.0. The molecule has 1 heterocycles. The SMILES string of the molecule is [CH2]CCCc1cccnc1Cl. The van der Waals surface area contributed by atoms with Gasteiger partial charge < -0.3 is 0 Å². The van der Waals surface area contributed by atoms with Crippen LogP contribution in [0.25, 0.3) is 0 Å². The van der Waals surface area contributed by atoms with E-state index in [1.807, 2.05) is 12.1 Å². The molecule has 0 unspecified atom stereocenters. The third-order valence-corrected chi connectivity index (χ3v) is 1.87. The van der Waals surface area contributed by atoms with Crippen molar-refractivity contribution in [3.8, 4) is 0 Å². The van der Waals surface area contributed by atoms with Crippen molar-refractivity contribution < 1.29 is 0 Å². The van der Waals surface area contributed by atoms with E-state index in [0.717, 1.165) is 24.8 Å².